The maximum absolute atomic E-state index is 2.30. The van der Waals surface area contributed by atoms with Crippen LogP contribution < -0.4 is 0 Å². The third kappa shape index (κ3) is 0.626. The van der Waals surface area contributed by atoms with Gasteiger partial charge in [0.25, 0.3) is 0 Å². The highest BCUT2D eigenvalue weighted by atomic mass is 14.4. The normalized spacial score (nSPS) is 29.0. The van der Waals surface area contributed by atoms with Gasteiger partial charge in [0, 0.05) is 11.8 Å². The summed E-state index contributed by atoms with van der Waals surface area (Å²) < 4.78 is 0. The Morgan fingerprint density at radius 1 is 0.750 bits per heavy atom. The van der Waals surface area contributed by atoms with Crippen molar-refractivity contribution in [2.24, 2.45) is 0 Å². The zero-order valence-corrected chi connectivity index (χ0v) is 6.77. The Labute approximate surface area is 72.2 Å². The highest BCUT2D eigenvalue weighted by Gasteiger charge is 2.33. The lowest BCUT2D eigenvalue weighted by Crippen LogP contribution is -2.22. The Hall–Kier alpha value is -1.30. The predicted molar refractivity (Wildman–Crippen MR) is 50.2 cm³/mol. The third-order valence-electron chi connectivity index (χ3n) is 2.85. The second-order valence-electron chi connectivity index (χ2n) is 3.45. The van der Waals surface area contributed by atoms with Crippen LogP contribution in [0.2, 0.25) is 0 Å². The van der Waals surface area contributed by atoms with Gasteiger partial charge in [-0.05, 0) is 11.1 Å². The van der Waals surface area contributed by atoms with Gasteiger partial charge < -0.3 is 0 Å². The van der Waals surface area contributed by atoms with Gasteiger partial charge in [-0.2, -0.15) is 0 Å². The monoisotopic (exact) mass is 154 g/mol. The molecule has 58 valence electrons. The fraction of sp³-hybridized carbons (Fsp3) is 0.167. The van der Waals surface area contributed by atoms with Crippen LogP contribution in [0.25, 0.3) is 0 Å². The number of benzene rings is 1. The van der Waals surface area contributed by atoms with E-state index in [0.717, 1.165) is 0 Å². The summed E-state index contributed by atoms with van der Waals surface area (Å²) in [5.74, 6) is 1.34. The van der Waals surface area contributed by atoms with Gasteiger partial charge >= 0.3 is 0 Å². The van der Waals surface area contributed by atoms with Gasteiger partial charge in [0.05, 0.1) is 0 Å². The molecule has 0 nitrogen and oxygen atoms in total. The van der Waals surface area contributed by atoms with Gasteiger partial charge in [0.1, 0.15) is 0 Å². The molecule has 1 aromatic carbocycles. The summed E-state index contributed by atoms with van der Waals surface area (Å²) in [5.41, 5.74) is 3.03. The molecule has 1 unspecified atom stereocenters. The number of fused-ring (bicyclic) bond motifs is 4. The molecule has 2 atom stereocenters. The summed E-state index contributed by atoms with van der Waals surface area (Å²) in [5, 5.41) is 0. The second-order valence-corrected chi connectivity index (χ2v) is 3.45. The van der Waals surface area contributed by atoms with Gasteiger partial charge in [0.15, 0.2) is 0 Å². The molecule has 0 aromatic heterocycles. The van der Waals surface area contributed by atoms with E-state index in [0.29, 0.717) is 11.8 Å². The average Bonchev–Trinajstić information content (AvgIpc) is 2.14. The topological polar surface area (TPSA) is 0 Å². The first-order valence-electron chi connectivity index (χ1n) is 4.40. The molecule has 0 heteroatoms. The van der Waals surface area contributed by atoms with Crippen molar-refractivity contribution in [2.75, 3.05) is 0 Å². The minimum Gasteiger partial charge on any atom is -0.0761 e. The lowest BCUT2D eigenvalue weighted by Gasteiger charge is -2.37. The van der Waals surface area contributed by atoms with Crippen molar-refractivity contribution >= 4 is 0 Å². The summed E-state index contributed by atoms with van der Waals surface area (Å²) in [6.45, 7) is 0. The van der Waals surface area contributed by atoms with Crippen LogP contribution in [0.5, 0.6) is 0 Å². The van der Waals surface area contributed by atoms with Gasteiger partial charge in [-0.25, -0.2) is 0 Å². The van der Waals surface area contributed by atoms with E-state index in [1.165, 1.54) is 11.1 Å². The van der Waals surface area contributed by atoms with Gasteiger partial charge in [0.2, 0.25) is 0 Å². The van der Waals surface area contributed by atoms with Crippen molar-refractivity contribution in [3.8, 4) is 0 Å². The van der Waals surface area contributed by atoms with Gasteiger partial charge in [-0.15, -0.1) is 0 Å². The lowest BCUT2D eigenvalue weighted by atomic mass is 9.66. The van der Waals surface area contributed by atoms with Crippen LogP contribution in [-0.4, -0.2) is 0 Å². The zero-order valence-electron chi connectivity index (χ0n) is 6.77. The van der Waals surface area contributed by atoms with E-state index in [2.05, 4.69) is 48.6 Å². The molecule has 3 rings (SSSR count). The van der Waals surface area contributed by atoms with Crippen LogP contribution in [0, 0.1) is 0 Å². The van der Waals surface area contributed by atoms with E-state index in [-0.39, 0.29) is 0 Å². The summed E-state index contributed by atoms with van der Waals surface area (Å²) >= 11 is 0. The number of hydrogen-bond acceptors (Lipinski definition) is 0. The Balaban J connectivity index is 2.17. The van der Waals surface area contributed by atoms with E-state index < -0.39 is 0 Å². The van der Waals surface area contributed by atoms with E-state index in [1.54, 1.807) is 0 Å². The largest absolute Gasteiger partial charge is 0.0761 e. The molecule has 0 fully saturated rings. The first-order chi connectivity index (χ1) is 5.97. The zero-order chi connectivity index (χ0) is 7.97. The highest BCUT2D eigenvalue weighted by molar-refractivity contribution is 5.52. The molecule has 0 spiro atoms. The molecule has 2 aliphatic rings. The molecule has 0 bridgehead atoms. The van der Waals surface area contributed by atoms with Crippen LogP contribution >= 0.6 is 0 Å². The van der Waals surface area contributed by atoms with Crippen LogP contribution in [-0.2, 0) is 0 Å². The first-order valence-corrected chi connectivity index (χ1v) is 4.40. The van der Waals surface area contributed by atoms with Gasteiger partial charge in [-0.1, -0.05) is 48.6 Å². The molecule has 1 aromatic rings. The Kier molecular flexibility index (Phi) is 1.09. The first kappa shape index (κ1) is 6.24. The average molecular weight is 154 g/mol. The van der Waals surface area contributed by atoms with Crippen LogP contribution in [0.1, 0.15) is 23.0 Å². The highest BCUT2D eigenvalue weighted by Crippen LogP contribution is 2.49. The van der Waals surface area contributed by atoms with Crippen molar-refractivity contribution in [2.45, 2.75) is 11.8 Å². The maximum Gasteiger partial charge on any atom is 0.0128 e. The van der Waals surface area contributed by atoms with E-state index in [1.807, 2.05) is 0 Å². The van der Waals surface area contributed by atoms with Crippen LogP contribution in [0.15, 0.2) is 48.6 Å². The van der Waals surface area contributed by atoms with E-state index in [9.17, 15) is 0 Å². The van der Waals surface area contributed by atoms with Crippen molar-refractivity contribution in [3.63, 3.8) is 0 Å². The molecule has 0 saturated carbocycles. The molecule has 12 heavy (non-hydrogen) atoms. The van der Waals surface area contributed by atoms with Crippen LogP contribution in [0.3, 0.4) is 0 Å². The fourth-order valence-corrected chi connectivity index (χ4v) is 2.22. The molecule has 0 radical (unpaired) electrons. The van der Waals surface area contributed by atoms with Crippen molar-refractivity contribution in [1.29, 1.82) is 0 Å². The minimum atomic E-state index is 0.672. The molecule has 0 saturated heterocycles. The molecule has 0 aliphatic heterocycles. The molecular weight excluding hydrogens is 144 g/mol. The van der Waals surface area contributed by atoms with Crippen molar-refractivity contribution in [3.05, 3.63) is 59.7 Å². The fourth-order valence-electron chi connectivity index (χ4n) is 2.22. The second kappa shape index (κ2) is 2.10. The molecule has 0 N–H and O–H groups in total. The quantitative estimate of drug-likeness (QED) is 0.539. The molecule has 0 amide bonds. The predicted octanol–water partition coefficient (Wildman–Crippen LogP) is 2.99. The van der Waals surface area contributed by atoms with Crippen LogP contribution in [0.4, 0.5) is 0 Å². The molecule has 0 heterocycles. The standard InChI is InChI=1S/C12H10/c1-2-6-10-9(5-1)11-7-3-4-8-12(10)11/h1-10H/t9-,10?/m1/s1. The third-order valence-corrected chi connectivity index (χ3v) is 2.85. The molecule has 2 aliphatic carbocycles. The van der Waals surface area contributed by atoms with Gasteiger partial charge in [-0.3, -0.25) is 0 Å². The Morgan fingerprint density at radius 3 is 1.75 bits per heavy atom. The van der Waals surface area contributed by atoms with Crippen molar-refractivity contribution in [1.82, 2.24) is 0 Å². The number of rotatable bonds is 0. The number of allylic oxidation sites excluding steroid dienone is 4. The maximum atomic E-state index is 2.30. The SMILES string of the molecule is C1=CC2c3ccccc3[C@@H]2C=C1. The minimum absolute atomic E-state index is 0.672. The summed E-state index contributed by atoms with van der Waals surface area (Å²) in [6, 6.07) is 8.72. The Morgan fingerprint density at radius 2 is 1.25 bits per heavy atom. The van der Waals surface area contributed by atoms with Crippen molar-refractivity contribution < 1.29 is 0 Å². The van der Waals surface area contributed by atoms with E-state index >= 15 is 0 Å². The number of hydrogen-bond donors (Lipinski definition) is 0. The smallest absolute Gasteiger partial charge is 0.0128 e. The summed E-state index contributed by atoms with van der Waals surface area (Å²) in [6.07, 6.45) is 8.90. The Bertz CT molecular complexity index is 334. The lowest BCUT2D eigenvalue weighted by molar-refractivity contribution is 0.637. The summed E-state index contributed by atoms with van der Waals surface area (Å²) in [4.78, 5) is 0. The molecular formula is C12H10. The summed E-state index contributed by atoms with van der Waals surface area (Å²) in [7, 11) is 0. The van der Waals surface area contributed by atoms with E-state index in [4.69, 9.17) is 0 Å².